The van der Waals surface area contributed by atoms with E-state index in [0.29, 0.717) is 11.6 Å². The molecule has 18 heavy (non-hydrogen) atoms. The van der Waals surface area contributed by atoms with E-state index in [9.17, 15) is 0 Å². The van der Waals surface area contributed by atoms with Gasteiger partial charge in [0, 0.05) is 29.2 Å². The third-order valence-electron chi connectivity index (χ3n) is 3.67. The Labute approximate surface area is 119 Å². The monoisotopic (exact) mass is 286 g/mol. The average Bonchev–Trinajstić information content (AvgIpc) is 2.33. The van der Waals surface area contributed by atoms with Crippen molar-refractivity contribution in [1.29, 1.82) is 0 Å². The molecule has 1 fully saturated rings. The second-order valence-electron chi connectivity index (χ2n) is 5.16. The van der Waals surface area contributed by atoms with Crippen molar-refractivity contribution in [3.63, 3.8) is 0 Å². The van der Waals surface area contributed by atoms with Crippen molar-refractivity contribution in [3.05, 3.63) is 33.8 Å². The Morgan fingerprint density at radius 1 is 1.44 bits per heavy atom. The van der Waals surface area contributed by atoms with E-state index in [1.807, 2.05) is 12.1 Å². The lowest BCUT2D eigenvalue weighted by Crippen LogP contribution is -2.40. The molecule has 2 N–H and O–H groups in total. The number of nitrogens with zero attached hydrogens (tertiary/aromatic N) is 1. The number of piperidine rings is 1. The Kier molecular flexibility index (Phi) is 4.91. The number of hydrogen-bond acceptors (Lipinski definition) is 2. The van der Waals surface area contributed by atoms with Crippen LogP contribution in [0.15, 0.2) is 18.2 Å². The third kappa shape index (κ3) is 3.18. The van der Waals surface area contributed by atoms with Gasteiger partial charge in [-0.15, -0.1) is 0 Å². The van der Waals surface area contributed by atoms with Crippen molar-refractivity contribution in [2.75, 3.05) is 19.6 Å². The summed E-state index contributed by atoms with van der Waals surface area (Å²) in [7, 11) is 0. The molecule has 1 heterocycles. The summed E-state index contributed by atoms with van der Waals surface area (Å²) in [6.07, 6.45) is 2.55. The van der Waals surface area contributed by atoms with Crippen LogP contribution in [-0.4, -0.2) is 24.5 Å². The van der Waals surface area contributed by atoms with Gasteiger partial charge in [0.1, 0.15) is 0 Å². The Balaban J connectivity index is 2.21. The number of likely N-dealkylation sites (tertiary alicyclic amines) is 1. The van der Waals surface area contributed by atoms with Crippen LogP contribution in [0.25, 0.3) is 0 Å². The number of nitrogens with two attached hydrogens (primary N) is 1. The van der Waals surface area contributed by atoms with Gasteiger partial charge in [0.25, 0.3) is 0 Å². The smallest absolute Gasteiger partial charge is 0.0485 e. The highest BCUT2D eigenvalue weighted by Crippen LogP contribution is 2.31. The first-order chi connectivity index (χ1) is 8.61. The normalized spacial score (nSPS) is 23.0. The molecule has 0 unspecified atom stereocenters. The maximum Gasteiger partial charge on any atom is 0.0485 e. The van der Waals surface area contributed by atoms with E-state index < -0.39 is 0 Å². The van der Waals surface area contributed by atoms with Crippen molar-refractivity contribution < 1.29 is 0 Å². The van der Waals surface area contributed by atoms with Gasteiger partial charge in [-0.3, -0.25) is 4.90 Å². The largest absolute Gasteiger partial charge is 0.329 e. The third-order valence-corrected chi connectivity index (χ3v) is 4.24. The van der Waals surface area contributed by atoms with Gasteiger partial charge in [-0.05, 0) is 43.0 Å². The number of rotatable bonds is 3. The van der Waals surface area contributed by atoms with Crippen LogP contribution in [-0.2, 0) is 0 Å². The fraction of sp³-hybridized carbons (Fsp3) is 0.571. The molecule has 0 aliphatic carbocycles. The summed E-state index contributed by atoms with van der Waals surface area (Å²) in [5.41, 5.74) is 7.05. The maximum atomic E-state index is 6.29. The van der Waals surface area contributed by atoms with Gasteiger partial charge in [-0.1, -0.05) is 36.2 Å². The van der Waals surface area contributed by atoms with Crippen LogP contribution in [0.4, 0.5) is 0 Å². The molecule has 0 spiro atoms. The molecule has 1 aromatic rings. The summed E-state index contributed by atoms with van der Waals surface area (Å²) < 4.78 is 0. The summed E-state index contributed by atoms with van der Waals surface area (Å²) in [6.45, 7) is 5.09. The van der Waals surface area contributed by atoms with E-state index in [1.165, 1.54) is 12.8 Å². The first-order valence-corrected chi connectivity index (χ1v) is 7.26. The molecule has 1 aromatic carbocycles. The zero-order valence-electron chi connectivity index (χ0n) is 10.7. The minimum atomic E-state index is 0.206. The van der Waals surface area contributed by atoms with Crippen molar-refractivity contribution >= 4 is 23.2 Å². The van der Waals surface area contributed by atoms with Gasteiger partial charge < -0.3 is 5.73 Å². The van der Waals surface area contributed by atoms with Crippen LogP contribution in [0, 0.1) is 5.92 Å². The van der Waals surface area contributed by atoms with E-state index in [1.54, 1.807) is 6.07 Å². The molecule has 0 saturated carbocycles. The Morgan fingerprint density at radius 3 is 2.83 bits per heavy atom. The minimum absolute atomic E-state index is 0.206. The fourth-order valence-electron chi connectivity index (χ4n) is 2.75. The standard InChI is InChI=1S/C14H20Cl2N2/c1-10-3-2-6-18(9-10)14(8-17)12-5-4-11(15)7-13(12)16/h4-5,7,10,14H,2-3,6,8-9,17H2,1H3/t10-,14+/m1/s1. The fourth-order valence-corrected chi connectivity index (χ4v) is 3.29. The van der Waals surface area contributed by atoms with E-state index in [2.05, 4.69) is 11.8 Å². The van der Waals surface area contributed by atoms with Gasteiger partial charge in [0.2, 0.25) is 0 Å². The lowest BCUT2D eigenvalue weighted by Gasteiger charge is -2.37. The summed E-state index contributed by atoms with van der Waals surface area (Å²) in [6, 6.07) is 5.90. The lowest BCUT2D eigenvalue weighted by molar-refractivity contribution is 0.133. The molecule has 1 saturated heterocycles. The van der Waals surface area contributed by atoms with Crippen LogP contribution < -0.4 is 5.73 Å². The highest BCUT2D eigenvalue weighted by atomic mass is 35.5. The molecule has 0 bridgehead atoms. The zero-order valence-corrected chi connectivity index (χ0v) is 12.2. The van der Waals surface area contributed by atoms with Crippen LogP contribution in [0.5, 0.6) is 0 Å². The van der Waals surface area contributed by atoms with Crippen molar-refractivity contribution in [2.24, 2.45) is 11.7 Å². The lowest BCUT2D eigenvalue weighted by atomic mass is 9.96. The quantitative estimate of drug-likeness (QED) is 0.918. The van der Waals surface area contributed by atoms with E-state index in [-0.39, 0.29) is 6.04 Å². The number of benzene rings is 1. The van der Waals surface area contributed by atoms with E-state index in [0.717, 1.165) is 29.6 Å². The molecule has 2 rings (SSSR count). The van der Waals surface area contributed by atoms with E-state index >= 15 is 0 Å². The predicted molar refractivity (Wildman–Crippen MR) is 78.2 cm³/mol. The van der Waals surface area contributed by atoms with Crippen molar-refractivity contribution in [1.82, 2.24) is 4.90 Å². The maximum absolute atomic E-state index is 6.29. The second kappa shape index (κ2) is 6.25. The molecule has 1 aliphatic heterocycles. The molecule has 100 valence electrons. The van der Waals surface area contributed by atoms with Crippen LogP contribution in [0.2, 0.25) is 10.0 Å². The molecule has 0 radical (unpaired) electrons. The Hall–Kier alpha value is -0.280. The highest BCUT2D eigenvalue weighted by molar-refractivity contribution is 6.35. The Bertz CT molecular complexity index is 409. The Morgan fingerprint density at radius 2 is 2.22 bits per heavy atom. The molecule has 0 amide bonds. The molecule has 2 atom stereocenters. The average molecular weight is 287 g/mol. The topological polar surface area (TPSA) is 29.3 Å². The SMILES string of the molecule is C[C@@H]1CCCN([C@@H](CN)c2ccc(Cl)cc2Cl)C1. The summed E-state index contributed by atoms with van der Waals surface area (Å²) in [4.78, 5) is 2.45. The molecule has 2 nitrogen and oxygen atoms in total. The highest BCUT2D eigenvalue weighted by Gasteiger charge is 2.25. The van der Waals surface area contributed by atoms with Gasteiger partial charge in [0.15, 0.2) is 0 Å². The number of hydrogen-bond donors (Lipinski definition) is 1. The van der Waals surface area contributed by atoms with Crippen LogP contribution in [0.3, 0.4) is 0 Å². The van der Waals surface area contributed by atoms with Crippen LogP contribution in [0.1, 0.15) is 31.4 Å². The van der Waals surface area contributed by atoms with Crippen LogP contribution >= 0.6 is 23.2 Å². The minimum Gasteiger partial charge on any atom is -0.329 e. The van der Waals surface area contributed by atoms with Gasteiger partial charge >= 0.3 is 0 Å². The van der Waals surface area contributed by atoms with E-state index in [4.69, 9.17) is 28.9 Å². The molecular weight excluding hydrogens is 267 g/mol. The van der Waals surface area contributed by atoms with Gasteiger partial charge in [-0.25, -0.2) is 0 Å². The van der Waals surface area contributed by atoms with Gasteiger partial charge in [0.05, 0.1) is 0 Å². The summed E-state index contributed by atoms with van der Waals surface area (Å²) in [5, 5.41) is 1.39. The molecule has 1 aliphatic rings. The first-order valence-electron chi connectivity index (χ1n) is 6.51. The summed E-state index contributed by atoms with van der Waals surface area (Å²) in [5.74, 6) is 0.735. The first kappa shape index (κ1) is 14.1. The second-order valence-corrected chi connectivity index (χ2v) is 6.00. The molecular formula is C14H20Cl2N2. The summed E-state index contributed by atoms with van der Waals surface area (Å²) >= 11 is 12.2. The van der Waals surface area contributed by atoms with Gasteiger partial charge in [-0.2, -0.15) is 0 Å². The predicted octanol–water partition coefficient (Wildman–Crippen LogP) is 3.73. The molecule has 4 heteroatoms. The number of halogens is 2. The zero-order chi connectivity index (χ0) is 13.1. The van der Waals surface area contributed by atoms with Crippen molar-refractivity contribution in [3.8, 4) is 0 Å². The van der Waals surface area contributed by atoms with Crippen molar-refractivity contribution in [2.45, 2.75) is 25.8 Å². The molecule has 0 aromatic heterocycles.